The van der Waals surface area contributed by atoms with Gasteiger partial charge in [-0.2, -0.15) is 5.10 Å². The Kier molecular flexibility index (Phi) is 5.14. The molecule has 2 aliphatic rings. The van der Waals surface area contributed by atoms with Crippen LogP contribution in [0.25, 0.3) is 11.3 Å². The number of aromatic nitrogens is 4. The van der Waals surface area contributed by atoms with E-state index in [9.17, 15) is 4.79 Å². The molecule has 0 radical (unpaired) electrons. The van der Waals surface area contributed by atoms with Crippen molar-refractivity contribution in [1.29, 1.82) is 0 Å². The van der Waals surface area contributed by atoms with Crippen molar-refractivity contribution in [3.05, 3.63) is 57.6 Å². The average molecular weight is 408 g/mol. The van der Waals surface area contributed by atoms with Crippen molar-refractivity contribution < 1.29 is 0 Å². The van der Waals surface area contributed by atoms with Crippen molar-refractivity contribution >= 4 is 16.5 Å². The maximum Gasteiger partial charge on any atom is 0.266 e. The summed E-state index contributed by atoms with van der Waals surface area (Å²) in [6.07, 6.45) is 10.6. The highest BCUT2D eigenvalue weighted by Crippen LogP contribution is 2.33. The lowest BCUT2D eigenvalue weighted by molar-refractivity contribution is 0.335. The molecule has 0 aromatic carbocycles. The summed E-state index contributed by atoms with van der Waals surface area (Å²) in [4.78, 5) is 25.2. The number of anilines is 1. The Morgan fingerprint density at radius 2 is 1.83 bits per heavy atom. The molecule has 0 saturated carbocycles. The second-order valence-electron chi connectivity index (χ2n) is 7.98. The Morgan fingerprint density at radius 1 is 1.03 bits per heavy atom. The minimum absolute atomic E-state index is 0.0298. The molecule has 3 aromatic heterocycles. The maximum absolute atomic E-state index is 12.3. The summed E-state index contributed by atoms with van der Waals surface area (Å²) >= 11 is 1.89. The summed E-state index contributed by atoms with van der Waals surface area (Å²) in [5.74, 6) is 0.471. The molecule has 3 aromatic rings. The Hall–Kier alpha value is -2.54. The maximum atomic E-state index is 12.3. The van der Waals surface area contributed by atoms with Gasteiger partial charge in [-0.3, -0.25) is 9.78 Å². The smallest absolute Gasteiger partial charge is 0.266 e. The Morgan fingerprint density at radius 3 is 2.62 bits per heavy atom. The van der Waals surface area contributed by atoms with Crippen LogP contribution >= 0.6 is 11.3 Å². The summed E-state index contributed by atoms with van der Waals surface area (Å²) < 4.78 is 1.64. The van der Waals surface area contributed by atoms with E-state index in [1.165, 1.54) is 35.0 Å². The largest absolute Gasteiger partial charge is 0.348 e. The lowest BCUT2D eigenvalue weighted by Crippen LogP contribution is -2.36. The van der Waals surface area contributed by atoms with Crippen molar-refractivity contribution in [3.63, 3.8) is 0 Å². The molecule has 0 unspecified atom stereocenters. The van der Waals surface area contributed by atoms with E-state index >= 15 is 0 Å². The zero-order valence-electron chi connectivity index (χ0n) is 16.5. The van der Waals surface area contributed by atoms with E-state index in [4.69, 9.17) is 4.98 Å². The van der Waals surface area contributed by atoms with Crippen LogP contribution in [-0.4, -0.2) is 32.8 Å². The molecule has 150 valence electrons. The van der Waals surface area contributed by atoms with Gasteiger partial charge in [0.2, 0.25) is 0 Å². The first kappa shape index (κ1) is 18.5. The second kappa shape index (κ2) is 8.06. The van der Waals surface area contributed by atoms with Crippen molar-refractivity contribution in [2.24, 2.45) is 5.92 Å². The third-order valence-electron chi connectivity index (χ3n) is 5.99. The zero-order chi connectivity index (χ0) is 19.6. The molecule has 0 atom stereocenters. The van der Waals surface area contributed by atoms with Gasteiger partial charge in [0.25, 0.3) is 5.56 Å². The van der Waals surface area contributed by atoms with Crippen LogP contribution in [0.15, 0.2) is 41.5 Å². The van der Waals surface area contributed by atoms with Crippen molar-refractivity contribution in [2.45, 2.75) is 45.1 Å². The first-order valence-electron chi connectivity index (χ1n) is 10.5. The molecule has 1 aliphatic heterocycles. The molecule has 29 heavy (non-hydrogen) atoms. The van der Waals surface area contributed by atoms with Gasteiger partial charge in [0.05, 0.1) is 11.4 Å². The average Bonchev–Trinajstić information content (AvgIpc) is 3.21. The van der Waals surface area contributed by atoms with Crippen LogP contribution in [0, 0.1) is 5.92 Å². The summed E-state index contributed by atoms with van der Waals surface area (Å²) in [5.41, 5.74) is 3.11. The van der Waals surface area contributed by atoms with Crippen molar-refractivity contribution in [2.75, 3.05) is 18.0 Å². The lowest BCUT2D eigenvalue weighted by Gasteiger charge is -2.31. The van der Waals surface area contributed by atoms with E-state index in [-0.39, 0.29) is 5.56 Å². The molecule has 0 amide bonds. The molecular weight excluding hydrogens is 382 g/mol. The summed E-state index contributed by atoms with van der Waals surface area (Å²) in [6, 6.07) is 7.26. The Labute approximate surface area is 174 Å². The minimum Gasteiger partial charge on any atom is -0.348 e. The zero-order valence-corrected chi connectivity index (χ0v) is 17.3. The predicted octanol–water partition coefficient (Wildman–Crippen LogP) is 3.56. The molecule has 0 spiro atoms. The van der Waals surface area contributed by atoms with Crippen LogP contribution in [0.1, 0.15) is 36.3 Å². The van der Waals surface area contributed by atoms with Gasteiger partial charge in [0, 0.05) is 48.5 Å². The van der Waals surface area contributed by atoms with Crippen LogP contribution in [-0.2, 0) is 19.4 Å². The van der Waals surface area contributed by atoms with E-state index in [0.29, 0.717) is 12.5 Å². The van der Waals surface area contributed by atoms with E-state index in [2.05, 4.69) is 15.0 Å². The van der Waals surface area contributed by atoms with E-state index in [0.717, 1.165) is 43.6 Å². The molecule has 1 fully saturated rings. The molecule has 0 N–H and O–H groups in total. The van der Waals surface area contributed by atoms with Crippen LogP contribution < -0.4 is 10.5 Å². The van der Waals surface area contributed by atoms with Gasteiger partial charge in [-0.05, 0) is 62.6 Å². The van der Waals surface area contributed by atoms with Gasteiger partial charge < -0.3 is 4.90 Å². The van der Waals surface area contributed by atoms with Crippen LogP contribution in [0.4, 0.5) is 5.13 Å². The summed E-state index contributed by atoms with van der Waals surface area (Å²) in [7, 11) is 0. The number of pyridine rings is 1. The Balaban J connectivity index is 1.25. The summed E-state index contributed by atoms with van der Waals surface area (Å²) in [6.45, 7) is 2.70. The normalized spacial score (nSPS) is 17.3. The van der Waals surface area contributed by atoms with Crippen LogP contribution in [0.2, 0.25) is 0 Å². The van der Waals surface area contributed by atoms with Gasteiger partial charge in [0.1, 0.15) is 0 Å². The highest BCUT2D eigenvalue weighted by atomic mass is 32.1. The first-order valence-corrected chi connectivity index (χ1v) is 11.3. The molecule has 4 heterocycles. The number of hydrogen-bond acceptors (Lipinski definition) is 6. The van der Waals surface area contributed by atoms with Gasteiger partial charge >= 0.3 is 0 Å². The predicted molar refractivity (Wildman–Crippen MR) is 115 cm³/mol. The van der Waals surface area contributed by atoms with E-state index in [1.54, 1.807) is 29.2 Å². The van der Waals surface area contributed by atoms with Gasteiger partial charge in [-0.1, -0.05) is 0 Å². The molecule has 0 bridgehead atoms. The first-order chi connectivity index (χ1) is 14.3. The van der Waals surface area contributed by atoms with Crippen molar-refractivity contribution in [1.82, 2.24) is 19.7 Å². The SMILES string of the molecule is O=c1ccc(-c2ccncc2)nn1CC1CCN(c2nc3c(s2)CCCC3)CC1. The topological polar surface area (TPSA) is 63.9 Å². The molecular formula is C22H25N5OS. The van der Waals surface area contributed by atoms with Crippen LogP contribution in [0.3, 0.4) is 0 Å². The highest BCUT2D eigenvalue weighted by Gasteiger charge is 2.24. The molecule has 6 nitrogen and oxygen atoms in total. The molecule has 5 rings (SSSR count). The number of nitrogens with zero attached hydrogens (tertiary/aromatic N) is 5. The van der Waals surface area contributed by atoms with Crippen LogP contribution in [0.5, 0.6) is 0 Å². The number of hydrogen-bond donors (Lipinski definition) is 0. The fourth-order valence-electron chi connectivity index (χ4n) is 4.28. The molecule has 1 saturated heterocycles. The third-order valence-corrected chi connectivity index (χ3v) is 7.21. The summed E-state index contributed by atoms with van der Waals surface area (Å²) in [5, 5.41) is 5.81. The minimum atomic E-state index is -0.0298. The highest BCUT2D eigenvalue weighted by molar-refractivity contribution is 7.15. The third kappa shape index (κ3) is 3.96. The van der Waals surface area contributed by atoms with Gasteiger partial charge in [0.15, 0.2) is 5.13 Å². The monoisotopic (exact) mass is 407 g/mol. The number of piperidine rings is 1. The number of aryl methyl sites for hydroxylation is 2. The van der Waals surface area contributed by atoms with E-state index in [1.807, 2.05) is 23.5 Å². The molecule has 7 heteroatoms. The van der Waals surface area contributed by atoms with Gasteiger partial charge in [-0.25, -0.2) is 9.67 Å². The molecule has 1 aliphatic carbocycles. The number of thiazole rings is 1. The fraction of sp³-hybridized carbons (Fsp3) is 0.455. The Bertz CT molecular complexity index is 1010. The van der Waals surface area contributed by atoms with Crippen molar-refractivity contribution in [3.8, 4) is 11.3 Å². The number of rotatable bonds is 4. The van der Waals surface area contributed by atoms with E-state index < -0.39 is 0 Å². The number of fused-ring (bicyclic) bond motifs is 1. The van der Waals surface area contributed by atoms with Gasteiger partial charge in [-0.15, -0.1) is 11.3 Å². The lowest BCUT2D eigenvalue weighted by atomic mass is 9.97. The quantitative estimate of drug-likeness (QED) is 0.662. The standard InChI is InChI=1S/C22H25N5OS/c28-21-6-5-18(17-7-11-23-12-8-17)25-27(21)15-16-9-13-26(14-10-16)22-24-19-3-1-2-4-20(19)29-22/h5-8,11-12,16H,1-4,9-10,13-15H2. The second-order valence-corrected chi connectivity index (χ2v) is 9.04. The fourth-order valence-corrected chi connectivity index (χ4v) is 5.48.